The average molecular weight is 295 g/mol. The van der Waals surface area contributed by atoms with Crippen LogP contribution in [-0.4, -0.2) is 29.0 Å². The number of nitrogens with zero attached hydrogens (tertiary/aromatic N) is 2. The fourth-order valence-corrected chi connectivity index (χ4v) is 4.71. The van der Waals surface area contributed by atoms with E-state index in [0.29, 0.717) is 11.3 Å². The zero-order chi connectivity index (χ0) is 13.8. The standard InChI is InChI=1S/C15H25N3OS/c1-16-12(11-6-2-3-7-11)10-14-17-15(18-19-14)13-8-4-5-9-20-13/h11-13,16H,2-10H2,1H3. The van der Waals surface area contributed by atoms with Gasteiger partial charge in [-0.05, 0) is 44.4 Å². The van der Waals surface area contributed by atoms with E-state index in [2.05, 4.69) is 22.5 Å². The van der Waals surface area contributed by atoms with Crippen LogP contribution in [-0.2, 0) is 6.42 Å². The maximum absolute atomic E-state index is 5.50. The Morgan fingerprint density at radius 2 is 2.05 bits per heavy atom. The molecule has 20 heavy (non-hydrogen) atoms. The molecule has 1 aromatic rings. The van der Waals surface area contributed by atoms with E-state index < -0.39 is 0 Å². The summed E-state index contributed by atoms with van der Waals surface area (Å²) in [6.07, 6.45) is 10.1. The highest BCUT2D eigenvalue weighted by atomic mass is 32.2. The molecule has 3 rings (SSSR count). The van der Waals surface area contributed by atoms with Crippen molar-refractivity contribution in [2.45, 2.75) is 62.7 Å². The van der Waals surface area contributed by atoms with Crippen molar-refractivity contribution in [1.29, 1.82) is 0 Å². The molecule has 1 aromatic heterocycles. The van der Waals surface area contributed by atoms with Crippen LogP contribution in [0, 0.1) is 5.92 Å². The summed E-state index contributed by atoms with van der Waals surface area (Å²) in [6.45, 7) is 0. The molecule has 2 atom stereocenters. The van der Waals surface area contributed by atoms with Crippen LogP contribution in [0.1, 0.15) is 61.9 Å². The van der Waals surface area contributed by atoms with Crippen LogP contribution in [0.3, 0.4) is 0 Å². The minimum absolute atomic E-state index is 0.459. The Balaban J connectivity index is 1.60. The van der Waals surface area contributed by atoms with Gasteiger partial charge in [-0.2, -0.15) is 16.7 Å². The molecule has 2 heterocycles. The number of hydrogen-bond acceptors (Lipinski definition) is 5. The first-order valence-corrected chi connectivity index (χ1v) is 9.03. The highest BCUT2D eigenvalue weighted by Crippen LogP contribution is 2.37. The van der Waals surface area contributed by atoms with E-state index in [0.717, 1.165) is 24.1 Å². The van der Waals surface area contributed by atoms with Crippen molar-refractivity contribution in [1.82, 2.24) is 15.5 Å². The smallest absolute Gasteiger partial charge is 0.228 e. The lowest BCUT2D eigenvalue weighted by atomic mass is 9.95. The molecule has 5 heteroatoms. The quantitative estimate of drug-likeness (QED) is 0.903. The van der Waals surface area contributed by atoms with Crippen LogP contribution >= 0.6 is 11.8 Å². The average Bonchev–Trinajstić information content (AvgIpc) is 3.17. The summed E-state index contributed by atoms with van der Waals surface area (Å²) < 4.78 is 5.50. The Hall–Kier alpha value is -0.550. The third-order valence-electron chi connectivity index (χ3n) is 4.69. The van der Waals surface area contributed by atoms with Crippen LogP contribution in [0.4, 0.5) is 0 Å². The fraction of sp³-hybridized carbons (Fsp3) is 0.867. The molecule has 1 N–H and O–H groups in total. The summed E-state index contributed by atoms with van der Waals surface area (Å²) in [7, 11) is 2.05. The molecule has 1 saturated carbocycles. The molecule has 2 fully saturated rings. The third-order valence-corrected chi connectivity index (χ3v) is 6.06. The maximum Gasteiger partial charge on any atom is 0.228 e. The molecule has 0 radical (unpaired) electrons. The van der Waals surface area contributed by atoms with Crippen molar-refractivity contribution in [2.75, 3.05) is 12.8 Å². The van der Waals surface area contributed by atoms with E-state index in [1.807, 2.05) is 11.8 Å². The van der Waals surface area contributed by atoms with Crippen LogP contribution in [0.25, 0.3) is 0 Å². The largest absolute Gasteiger partial charge is 0.339 e. The Bertz CT molecular complexity index is 411. The molecule has 2 aliphatic rings. The van der Waals surface area contributed by atoms with E-state index in [1.165, 1.54) is 50.7 Å². The molecule has 0 spiro atoms. The molecule has 2 unspecified atom stereocenters. The van der Waals surface area contributed by atoms with Crippen LogP contribution in [0.5, 0.6) is 0 Å². The summed E-state index contributed by atoms with van der Waals surface area (Å²) in [5.41, 5.74) is 0. The molecule has 1 saturated heterocycles. The van der Waals surface area contributed by atoms with Gasteiger partial charge in [-0.1, -0.05) is 24.4 Å². The second-order valence-electron chi connectivity index (χ2n) is 6.05. The molecular formula is C15H25N3OS. The lowest BCUT2D eigenvalue weighted by molar-refractivity contribution is 0.316. The van der Waals surface area contributed by atoms with Crippen molar-refractivity contribution < 1.29 is 4.52 Å². The van der Waals surface area contributed by atoms with E-state index in [1.54, 1.807) is 0 Å². The molecule has 1 aliphatic carbocycles. The zero-order valence-electron chi connectivity index (χ0n) is 12.3. The van der Waals surface area contributed by atoms with Gasteiger partial charge >= 0.3 is 0 Å². The van der Waals surface area contributed by atoms with Crippen LogP contribution < -0.4 is 5.32 Å². The predicted molar refractivity (Wildman–Crippen MR) is 81.9 cm³/mol. The minimum Gasteiger partial charge on any atom is -0.339 e. The number of rotatable bonds is 5. The second-order valence-corrected chi connectivity index (χ2v) is 7.36. The van der Waals surface area contributed by atoms with Gasteiger partial charge in [-0.3, -0.25) is 0 Å². The normalized spacial score (nSPS) is 25.9. The topological polar surface area (TPSA) is 51.0 Å². The number of nitrogens with one attached hydrogen (secondary N) is 1. The summed E-state index contributed by atoms with van der Waals surface area (Å²) in [5, 5.41) is 8.13. The third kappa shape index (κ3) is 3.37. The highest BCUT2D eigenvalue weighted by molar-refractivity contribution is 7.99. The van der Waals surface area contributed by atoms with Crippen molar-refractivity contribution in [3.8, 4) is 0 Å². The van der Waals surface area contributed by atoms with E-state index in [4.69, 9.17) is 4.52 Å². The van der Waals surface area contributed by atoms with Crippen molar-refractivity contribution >= 4 is 11.8 Å². The molecule has 112 valence electrons. The van der Waals surface area contributed by atoms with E-state index in [9.17, 15) is 0 Å². The Kier molecular flexibility index (Phi) is 4.99. The SMILES string of the molecule is CNC(Cc1nc(C2CCCCS2)no1)C1CCCC1. The lowest BCUT2D eigenvalue weighted by Crippen LogP contribution is -2.34. The van der Waals surface area contributed by atoms with Gasteiger partial charge in [0.15, 0.2) is 5.82 Å². The molecule has 1 aliphatic heterocycles. The van der Waals surface area contributed by atoms with Gasteiger partial charge in [0.2, 0.25) is 5.89 Å². The van der Waals surface area contributed by atoms with Gasteiger partial charge in [0.25, 0.3) is 0 Å². The number of hydrogen-bond donors (Lipinski definition) is 1. The molecule has 4 nitrogen and oxygen atoms in total. The molecule has 0 amide bonds. The highest BCUT2D eigenvalue weighted by Gasteiger charge is 2.27. The van der Waals surface area contributed by atoms with Crippen LogP contribution in [0.2, 0.25) is 0 Å². The first kappa shape index (κ1) is 14.4. The van der Waals surface area contributed by atoms with Crippen molar-refractivity contribution in [3.63, 3.8) is 0 Å². The predicted octanol–water partition coefficient (Wildman–Crippen LogP) is 3.35. The minimum atomic E-state index is 0.459. The van der Waals surface area contributed by atoms with E-state index in [-0.39, 0.29) is 0 Å². The zero-order valence-corrected chi connectivity index (χ0v) is 13.1. The Morgan fingerprint density at radius 1 is 1.25 bits per heavy atom. The lowest BCUT2D eigenvalue weighted by Gasteiger charge is -2.21. The van der Waals surface area contributed by atoms with Crippen LogP contribution in [0.15, 0.2) is 4.52 Å². The fourth-order valence-electron chi connectivity index (χ4n) is 3.48. The Morgan fingerprint density at radius 3 is 2.75 bits per heavy atom. The monoisotopic (exact) mass is 295 g/mol. The van der Waals surface area contributed by atoms with Gasteiger partial charge in [0, 0.05) is 12.5 Å². The molecular weight excluding hydrogens is 270 g/mol. The summed E-state index contributed by atoms with van der Waals surface area (Å²) >= 11 is 1.98. The van der Waals surface area contributed by atoms with Crippen molar-refractivity contribution in [3.05, 3.63) is 11.7 Å². The molecule has 0 bridgehead atoms. The first-order chi connectivity index (χ1) is 9.86. The van der Waals surface area contributed by atoms with Gasteiger partial charge < -0.3 is 9.84 Å². The summed E-state index contributed by atoms with van der Waals surface area (Å²) in [6, 6.07) is 0.491. The second kappa shape index (κ2) is 6.94. The first-order valence-electron chi connectivity index (χ1n) is 7.98. The van der Waals surface area contributed by atoms with Gasteiger partial charge in [-0.15, -0.1) is 0 Å². The van der Waals surface area contributed by atoms with E-state index >= 15 is 0 Å². The Labute approximate surface area is 125 Å². The molecule has 0 aromatic carbocycles. The van der Waals surface area contributed by atoms with Crippen molar-refractivity contribution in [2.24, 2.45) is 5.92 Å². The maximum atomic E-state index is 5.50. The number of thioether (sulfide) groups is 1. The summed E-state index contributed by atoms with van der Waals surface area (Å²) in [4.78, 5) is 4.65. The number of aromatic nitrogens is 2. The van der Waals surface area contributed by atoms with Gasteiger partial charge in [-0.25, -0.2) is 0 Å². The summed E-state index contributed by atoms with van der Waals surface area (Å²) in [5.74, 6) is 3.75. The van der Waals surface area contributed by atoms with Gasteiger partial charge in [0.1, 0.15) is 0 Å². The number of likely N-dealkylation sites (N-methyl/N-ethyl adjacent to an activating group) is 1. The van der Waals surface area contributed by atoms with Gasteiger partial charge in [0.05, 0.1) is 5.25 Å².